The number of benzene rings is 1. The van der Waals surface area contributed by atoms with Crippen LogP contribution in [0.2, 0.25) is 0 Å². The molecule has 0 saturated heterocycles. The van der Waals surface area contributed by atoms with E-state index in [1.165, 1.54) is 10.4 Å². The first-order valence-corrected chi connectivity index (χ1v) is 8.98. The van der Waals surface area contributed by atoms with Crippen LogP contribution in [0.15, 0.2) is 39.0 Å². The Hall–Kier alpha value is -0.890. The molecule has 2 N–H and O–H groups in total. The molecule has 4 nitrogen and oxygen atoms in total. The molecule has 0 radical (unpaired) electrons. The predicted octanol–water partition coefficient (Wildman–Crippen LogP) is 3.22. The van der Waals surface area contributed by atoms with Crippen LogP contribution in [0, 0.1) is 6.92 Å². The Morgan fingerprint density at radius 2 is 2.05 bits per heavy atom. The molecule has 0 aliphatic rings. The third-order valence-corrected chi connectivity index (χ3v) is 6.54. The second kappa shape index (κ2) is 5.85. The van der Waals surface area contributed by atoms with Gasteiger partial charge < -0.3 is 5.73 Å². The minimum Gasteiger partial charge on any atom is -0.398 e. The molecule has 0 spiro atoms. The number of aryl methyl sites for hydroxylation is 1. The van der Waals surface area contributed by atoms with Crippen LogP contribution in [-0.2, 0) is 16.6 Å². The third kappa shape index (κ3) is 3.06. The number of sulfonamides is 1. The topological polar surface area (TPSA) is 63.4 Å². The van der Waals surface area contributed by atoms with Gasteiger partial charge in [-0.15, -0.1) is 11.3 Å². The number of nitrogens with two attached hydrogens (primary N) is 1. The molecular formula is C13H15BrN2O2S2. The summed E-state index contributed by atoms with van der Waals surface area (Å²) in [6.07, 6.45) is 0. The molecule has 0 fully saturated rings. The van der Waals surface area contributed by atoms with Crippen molar-refractivity contribution in [3.05, 3.63) is 44.6 Å². The summed E-state index contributed by atoms with van der Waals surface area (Å²) in [5, 5.41) is 1.96. The van der Waals surface area contributed by atoms with Gasteiger partial charge in [0.05, 0.1) is 4.90 Å². The summed E-state index contributed by atoms with van der Waals surface area (Å²) in [5.74, 6) is 0. The Kier molecular flexibility index (Phi) is 4.53. The fraction of sp³-hybridized carbons (Fsp3) is 0.231. The van der Waals surface area contributed by atoms with Gasteiger partial charge in [0.1, 0.15) is 0 Å². The van der Waals surface area contributed by atoms with Gasteiger partial charge in [0.15, 0.2) is 0 Å². The Labute approximate surface area is 131 Å². The van der Waals surface area contributed by atoms with E-state index in [0.29, 0.717) is 16.7 Å². The van der Waals surface area contributed by atoms with Gasteiger partial charge in [0, 0.05) is 28.6 Å². The van der Waals surface area contributed by atoms with E-state index in [1.54, 1.807) is 30.5 Å². The molecule has 2 aromatic rings. The molecule has 1 aromatic heterocycles. The maximum absolute atomic E-state index is 12.5. The summed E-state index contributed by atoms with van der Waals surface area (Å²) < 4.78 is 27.0. The molecule has 0 atom stereocenters. The van der Waals surface area contributed by atoms with E-state index in [9.17, 15) is 8.42 Å². The second-order valence-electron chi connectivity index (χ2n) is 4.47. The Bertz CT molecular complexity index is 726. The fourth-order valence-corrected chi connectivity index (χ4v) is 4.18. The van der Waals surface area contributed by atoms with Crippen molar-refractivity contribution in [1.29, 1.82) is 0 Å². The van der Waals surface area contributed by atoms with Gasteiger partial charge in [-0.1, -0.05) is 0 Å². The van der Waals surface area contributed by atoms with Crippen molar-refractivity contribution in [2.45, 2.75) is 18.4 Å². The zero-order valence-electron chi connectivity index (χ0n) is 11.1. The van der Waals surface area contributed by atoms with Gasteiger partial charge in [0.25, 0.3) is 0 Å². The largest absolute Gasteiger partial charge is 0.398 e. The van der Waals surface area contributed by atoms with E-state index < -0.39 is 10.0 Å². The Balaban J connectivity index is 2.29. The molecule has 0 aliphatic heterocycles. The number of hydrogen-bond donors (Lipinski definition) is 1. The van der Waals surface area contributed by atoms with E-state index in [4.69, 9.17) is 5.73 Å². The monoisotopic (exact) mass is 374 g/mol. The van der Waals surface area contributed by atoms with Crippen molar-refractivity contribution in [2.24, 2.45) is 0 Å². The van der Waals surface area contributed by atoms with Gasteiger partial charge in [-0.05, 0) is 58.1 Å². The zero-order chi connectivity index (χ0) is 14.9. The van der Waals surface area contributed by atoms with Crippen molar-refractivity contribution in [1.82, 2.24) is 4.31 Å². The summed E-state index contributed by atoms with van der Waals surface area (Å²) >= 11 is 4.82. The second-order valence-corrected chi connectivity index (χ2v) is 8.37. The number of hydrogen-bond acceptors (Lipinski definition) is 4. The summed E-state index contributed by atoms with van der Waals surface area (Å²) in [5.41, 5.74) is 7.26. The van der Waals surface area contributed by atoms with E-state index >= 15 is 0 Å². The van der Waals surface area contributed by atoms with Crippen molar-refractivity contribution < 1.29 is 8.42 Å². The molecule has 2 rings (SSSR count). The van der Waals surface area contributed by atoms with Crippen molar-refractivity contribution in [3.8, 4) is 0 Å². The summed E-state index contributed by atoms with van der Waals surface area (Å²) in [7, 11) is -1.96. The highest BCUT2D eigenvalue weighted by atomic mass is 79.9. The van der Waals surface area contributed by atoms with Crippen LogP contribution in [0.25, 0.3) is 0 Å². The minimum absolute atomic E-state index is 0.204. The lowest BCUT2D eigenvalue weighted by atomic mass is 10.3. The molecule has 1 aromatic carbocycles. The standard InChI is InChI=1S/C13H15BrN2O2S2/c1-9-5-6-19-13(9)8-16(2)20(17,18)10-3-4-11(14)12(15)7-10/h3-7H,8,15H2,1-2H3. The minimum atomic E-state index is -3.53. The van der Waals surface area contributed by atoms with Crippen LogP contribution in [0.1, 0.15) is 10.4 Å². The number of rotatable bonds is 4. The van der Waals surface area contributed by atoms with Gasteiger partial charge in [-0.2, -0.15) is 4.31 Å². The van der Waals surface area contributed by atoms with Crippen LogP contribution in [-0.4, -0.2) is 19.8 Å². The molecule has 1 heterocycles. The van der Waals surface area contributed by atoms with Crippen LogP contribution < -0.4 is 5.73 Å². The highest BCUT2D eigenvalue weighted by Crippen LogP contribution is 2.26. The SMILES string of the molecule is Cc1ccsc1CN(C)S(=O)(=O)c1ccc(Br)c(N)c1. The smallest absolute Gasteiger partial charge is 0.243 e. The first-order valence-electron chi connectivity index (χ1n) is 5.86. The van der Waals surface area contributed by atoms with Gasteiger partial charge in [-0.25, -0.2) is 8.42 Å². The normalized spacial score (nSPS) is 12.0. The van der Waals surface area contributed by atoms with Gasteiger partial charge in [-0.3, -0.25) is 0 Å². The number of halogens is 1. The third-order valence-electron chi connectivity index (χ3n) is 3.01. The first-order chi connectivity index (χ1) is 9.32. The quantitative estimate of drug-likeness (QED) is 0.835. The number of thiophene rings is 1. The molecule has 0 unspecified atom stereocenters. The molecular weight excluding hydrogens is 360 g/mol. The lowest BCUT2D eigenvalue weighted by Crippen LogP contribution is -2.26. The van der Waals surface area contributed by atoms with Gasteiger partial charge in [0.2, 0.25) is 10.0 Å². The molecule has 7 heteroatoms. The predicted molar refractivity (Wildman–Crippen MR) is 86.3 cm³/mol. The van der Waals surface area contributed by atoms with E-state index in [0.717, 1.165) is 10.4 Å². The molecule has 0 aliphatic carbocycles. The summed E-state index contributed by atoms with van der Waals surface area (Å²) in [4.78, 5) is 1.25. The number of nitrogens with zero attached hydrogens (tertiary/aromatic N) is 1. The maximum Gasteiger partial charge on any atom is 0.243 e. The van der Waals surface area contributed by atoms with E-state index in [2.05, 4.69) is 15.9 Å². The maximum atomic E-state index is 12.5. The van der Waals surface area contributed by atoms with Crippen LogP contribution >= 0.6 is 27.3 Å². The molecule has 20 heavy (non-hydrogen) atoms. The van der Waals surface area contributed by atoms with Crippen LogP contribution in [0.4, 0.5) is 5.69 Å². The molecule has 0 saturated carbocycles. The Morgan fingerprint density at radius 1 is 1.35 bits per heavy atom. The average molecular weight is 375 g/mol. The van der Waals surface area contributed by atoms with Crippen molar-refractivity contribution in [3.63, 3.8) is 0 Å². The van der Waals surface area contributed by atoms with Crippen molar-refractivity contribution in [2.75, 3.05) is 12.8 Å². The van der Waals surface area contributed by atoms with Crippen LogP contribution in [0.5, 0.6) is 0 Å². The molecule has 108 valence electrons. The van der Waals surface area contributed by atoms with E-state index in [-0.39, 0.29) is 4.90 Å². The lowest BCUT2D eigenvalue weighted by Gasteiger charge is -2.17. The highest BCUT2D eigenvalue weighted by molar-refractivity contribution is 9.10. The van der Waals surface area contributed by atoms with Gasteiger partial charge >= 0.3 is 0 Å². The number of nitrogen functional groups attached to an aromatic ring is 1. The summed E-state index contributed by atoms with van der Waals surface area (Å²) in [6, 6.07) is 6.65. The lowest BCUT2D eigenvalue weighted by molar-refractivity contribution is 0.469. The molecule has 0 amide bonds. The number of anilines is 1. The first kappa shape index (κ1) is 15.5. The molecule has 0 bridgehead atoms. The fourth-order valence-electron chi connectivity index (χ4n) is 1.72. The highest BCUT2D eigenvalue weighted by Gasteiger charge is 2.22. The zero-order valence-corrected chi connectivity index (χ0v) is 14.3. The Morgan fingerprint density at radius 3 is 2.60 bits per heavy atom. The van der Waals surface area contributed by atoms with E-state index in [1.807, 2.05) is 18.4 Å². The van der Waals surface area contributed by atoms with Crippen LogP contribution in [0.3, 0.4) is 0 Å². The summed E-state index contributed by atoms with van der Waals surface area (Å²) in [6.45, 7) is 2.34. The van der Waals surface area contributed by atoms with Crippen molar-refractivity contribution >= 4 is 43.0 Å². The average Bonchev–Trinajstić information content (AvgIpc) is 2.78.